The van der Waals surface area contributed by atoms with Crippen LogP contribution in [0.25, 0.3) is 6.08 Å². The van der Waals surface area contributed by atoms with E-state index in [1.54, 1.807) is 24.5 Å². The van der Waals surface area contributed by atoms with E-state index in [1.807, 2.05) is 24.5 Å². The van der Waals surface area contributed by atoms with Gasteiger partial charge in [-0.05, 0) is 86.1 Å². The molecule has 3 rings (SSSR count). The molecule has 0 unspecified atom stereocenters. The first-order valence-electron chi connectivity index (χ1n) is 12.7. The number of hydrogen-bond acceptors (Lipinski definition) is 4. The Morgan fingerprint density at radius 3 is 2.34 bits per heavy atom. The van der Waals surface area contributed by atoms with Gasteiger partial charge in [0.2, 0.25) is 5.91 Å². The number of carbonyl (C=O) groups excluding carboxylic acids is 1. The van der Waals surface area contributed by atoms with E-state index in [0.717, 1.165) is 50.8 Å². The lowest BCUT2D eigenvalue weighted by atomic mass is 10.0. The second kappa shape index (κ2) is 14.8. The molecular formula is C30H38N4O. The van der Waals surface area contributed by atoms with Gasteiger partial charge in [-0.2, -0.15) is 0 Å². The predicted molar refractivity (Wildman–Crippen MR) is 144 cm³/mol. The monoisotopic (exact) mass is 470 g/mol. The SMILES string of the molecule is CC(C)N(CCc1ccncc1)Cc1ccc(CCCCCNC(=O)/C=C/c2cccnc2)cc1. The van der Waals surface area contributed by atoms with Crippen molar-refractivity contribution < 1.29 is 4.79 Å². The number of aryl methyl sites for hydroxylation is 1. The molecule has 184 valence electrons. The van der Waals surface area contributed by atoms with E-state index in [9.17, 15) is 4.79 Å². The zero-order chi connectivity index (χ0) is 24.7. The van der Waals surface area contributed by atoms with E-state index in [4.69, 9.17) is 0 Å². The van der Waals surface area contributed by atoms with E-state index in [0.29, 0.717) is 12.6 Å². The molecule has 3 aromatic rings. The van der Waals surface area contributed by atoms with Crippen molar-refractivity contribution >= 4 is 12.0 Å². The van der Waals surface area contributed by atoms with Crippen LogP contribution in [0.2, 0.25) is 0 Å². The standard InChI is InChI=1S/C30H38N4O/c1-25(2)34(22-17-27-15-20-31-21-16-27)24-29-11-9-26(10-12-29)7-4-3-5-19-33-30(35)14-13-28-8-6-18-32-23-28/h6,8-16,18,20-21,23,25H,3-5,7,17,19,22,24H2,1-2H3,(H,33,35)/b14-13+. The number of rotatable bonds is 14. The molecule has 5 heteroatoms. The summed E-state index contributed by atoms with van der Waals surface area (Å²) in [6.45, 7) is 7.25. The molecule has 0 aliphatic heterocycles. The van der Waals surface area contributed by atoms with Gasteiger partial charge in [0.1, 0.15) is 0 Å². The van der Waals surface area contributed by atoms with Crippen LogP contribution in [0.3, 0.4) is 0 Å². The molecule has 35 heavy (non-hydrogen) atoms. The van der Waals surface area contributed by atoms with Crippen molar-refractivity contribution in [1.82, 2.24) is 20.2 Å². The second-order valence-corrected chi connectivity index (χ2v) is 9.21. The largest absolute Gasteiger partial charge is 0.353 e. The van der Waals surface area contributed by atoms with Crippen LogP contribution < -0.4 is 5.32 Å². The maximum atomic E-state index is 11.9. The normalized spacial score (nSPS) is 11.4. The van der Waals surface area contributed by atoms with Crippen molar-refractivity contribution in [1.29, 1.82) is 0 Å². The smallest absolute Gasteiger partial charge is 0.243 e. The van der Waals surface area contributed by atoms with Crippen molar-refractivity contribution in [3.8, 4) is 0 Å². The van der Waals surface area contributed by atoms with Crippen molar-refractivity contribution in [2.24, 2.45) is 0 Å². The van der Waals surface area contributed by atoms with E-state index < -0.39 is 0 Å². The van der Waals surface area contributed by atoms with Gasteiger partial charge in [0.05, 0.1) is 0 Å². The van der Waals surface area contributed by atoms with Crippen molar-refractivity contribution in [3.63, 3.8) is 0 Å². The van der Waals surface area contributed by atoms with E-state index in [2.05, 4.69) is 70.4 Å². The average molecular weight is 471 g/mol. The second-order valence-electron chi connectivity index (χ2n) is 9.21. The van der Waals surface area contributed by atoms with Crippen LogP contribution in [0, 0.1) is 0 Å². The molecule has 0 spiro atoms. The van der Waals surface area contributed by atoms with Gasteiger partial charge in [0.25, 0.3) is 0 Å². The molecule has 0 fully saturated rings. The summed E-state index contributed by atoms with van der Waals surface area (Å²) in [6.07, 6.45) is 15.9. The van der Waals surface area contributed by atoms with Crippen molar-refractivity contribution in [2.45, 2.75) is 58.5 Å². The molecule has 0 aliphatic carbocycles. The van der Waals surface area contributed by atoms with Gasteiger partial charge in [0.15, 0.2) is 0 Å². The third kappa shape index (κ3) is 10.2. The molecule has 2 aromatic heterocycles. The molecule has 0 radical (unpaired) electrons. The van der Waals surface area contributed by atoms with Gasteiger partial charge in [-0.1, -0.05) is 36.8 Å². The third-order valence-electron chi connectivity index (χ3n) is 6.13. The van der Waals surface area contributed by atoms with E-state index >= 15 is 0 Å². The average Bonchev–Trinajstić information content (AvgIpc) is 2.89. The first kappa shape index (κ1) is 26.3. The summed E-state index contributed by atoms with van der Waals surface area (Å²) in [5.41, 5.74) is 5.00. The minimum absolute atomic E-state index is 0.0549. The first-order chi connectivity index (χ1) is 17.1. The molecule has 0 aliphatic rings. The maximum Gasteiger partial charge on any atom is 0.243 e. The number of benzene rings is 1. The topological polar surface area (TPSA) is 58.1 Å². The van der Waals surface area contributed by atoms with Crippen LogP contribution in [0.4, 0.5) is 0 Å². The van der Waals surface area contributed by atoms with Crippen molar-refractivity contribution in [3.05, 3.63) is 102 Å². The number of amides is 1. The lowest BCUT2D eigenvalue weighted by molar-refractivity contribution is -0.116. The van der Waals surface area contributed by atoms with E-state index in [-0.39, 0.29) is 5.91 Å². The molecule has 5 nitrogen and oxygen atoms in total. The van der Waals surface area contributed by atoms with Gasteiger partial charge in [-0.15, -0.1) is 0 Å². The Morgan fingerprint density at radius 1 is 0.886 bits per heavy atom. The van der Waals surface area contributed by atoms with Crippen LogP contribution in [0.5, 0.6) is 0 Å². The van der Waals surface area contributed by atoms with Gasteiger partial charge in [-0.25, -0.2) is 0 Å². The summed E-state index contributed by atoms with van der Waals surface area (Å²) in [6, 6.07) is 17.6. The number of aromatic nitrogens is 2. The summed E-state index contributed by atoms with van der Waals surface area (Å²) in [4.78, 5) is 22.6. The van der Waals surface area contributed by atoms with Gasteiger partial charge in [-0.3, -0.25) is 19.7 Å². The number of unbranched alkanes of at least 4 members (excludes halogenated alkanes) is 2. The lowest BCUT2D eigenvalue weighted by Gasteiger charge is -2.26. The number of pyridine rings is 2. The Balaban J connectivity index is 1.31. The Hall–Kier alpha value is -3.31. The molecule has 1 aromatic carbocycles. The molecule has 0 atom stereocenters. The van der Waals surface area contributed by atoms with Gasteiger partial charge >= 0.3 is 0 Å². The fourth-order valence-electron chi connectivity index (χ4n) is 3.94. The zero-order valence-corrected chi connectivity index (χ0v) is 21.1. The lowest BCUT2D eigenvalue weighted by Crippen LogP contribution is -2.32. The Labute approximate surface area is 210 Å². The number of carbonyl (C=O) groups is 1. The minimum Gasteiger partial charge on any atom is -0.353 e. The number of nitrogens with one attached hydrogen (secondary N) is 1. The molecule has 0 saturated heterocycles. The van der Waals surface area contributed by atoms with E-state index in [1.165, 1.54) is 16.7 Å². The number of nitrogens with zero attached hydrogens (tertiary/aromatic N) is 3. The van der Waals surface area contributed by atoms with Crippen LogP contribution in [0.15, 0.2) is 79.4 Å². The quantitative estimate of drug-likeness (QED) is 0.251. The Bertz CT molecular complexity index is 1020. The summed E-state index contributed by atoms with van der Waals surface area (Å²) in [5.74, 6) is -0.0549. The highest BCUT2D eigenvalue weighted by Crippen LogP contribution is 2.13. The highest BCUT2D eigenvalue weighted by Gasteiger charge is 2.10. The molecule has 0 bridgehead atoms. The highest BCUT2D eigenvalue weighted by molar-refractivity contribution is 5.91. The van der Waals surface area contributed by atoms with Crippen LogP contribution in [0.1, 0.15) is 55.4 Å². The predicted octanol–water partition coefficient (Wildman–Crippen LogP) is 5.47. The minimum atomic E-state index is -0.0549. The first-order valence-corrected chi connectivity index (χ1v) is 12.7. The van der Waals surface area contributed by atoms with Crippen LogP contribution in [-0.4, -0.2) is 39.9 Å². The molecular weight excluding hydrogens is 432 g/mol. The number of hydrogen-bond donors (Lipinski definition) is 1. The van der Waals surface area contributed by atoms with Crippen LogP contribution >= 0.6 is 0 Å². The summed E-state index contributed by atoms with van der Waals surface area (Å²) in [5, 5.41) is 2.95. The summed E-state index contributed by atoms with van der Waals surface area (Å²) >= 11 is 0. The fourth-order valence-corrected chi connectivity index (χ4v) is 3.94. The third-order valence-corrected chi connectivity index (χ3v) is 6.13. The van der Waals surface area contributed by atoms with Crippen LogP contribution in [-0.2, 0) is 24.2 Å². The zero-order valence-electron chi connectivity index (χ0n) is 21.1. The van der Waals surface area contributed by atoms with Gasteiger partial charge in [0, 0.05) is 56.5 Å². The highest BCUT2D eigenvalue weighted by atomic mass is 16.1. The molecule has 1 amide bonds. The Morgan fingerprint density at radius 2 is 1.63 bits per heavy atom. The summed E-state index contributed by atoms with van der Waals surface area (Å²) in [7, 11) is 0. The molecule has 2 heterocycles. The van der Waals surface area contributed by atoms with Crippen molar-refractivity contribution in [2.75, 3.05) is 13.1 Å². The fraction of sp³-hybridized carbons (Fsp3) is 0.367. The van der Waals surface area contributed by atoms with Gasteiger partial charge < -0.3 is 5.32 Å². The molecule has 1 N–H and O–H groups in total. The summed E-state index contributed by atoms with van der Waals surface area (Å²) < 4.78 is 0. The Kier molecular flexibility index (Phi) is 11.2. The maximum absolute atomic E-state index is 11.9. The molecule has 0 saturated carbocycles.